The number of benzene rings is 1. The monoisotopic (exact) mass is 547 g/mol. The lowest BCUT2D eigenvalue weighted by Gasteiger charge is -2.24. The maximum absolute atomic E-state index is 13.5. The van der Waals surface area contributed by atoms with Gasteiger partial charge in [-0.2, -0.15) is 10.2 Å². The molecule has 2 aliphatic carbocycles. The van der Waals surface area contributed by atoms with E-state index in [-0.39, 0.29) is 11.5 Å². The van der Waals surface area contributed by atoms with Crippen LogP contribution in [0.2, 0.25) is 0 Å². The van der Waals surface area contributed by atoms with Crippen LogP contribution in [0.15, 0.2) is 53.6 Å². The number of para-hydroxylation sites is 1. The average molecular weight is 548 g/mol. The Bertz CT molecular complexity index is 1350. The van der Waals surface area contributed by atoms with Gasteiger partial charge in [-0.25, -0.2) is 4.68 Å². The van der Waals surface area contributed by atoms with Crippen LogP contribution in [-0.4, -0.2) is 36.2 Å². The number of ether oxygens (including phenoxy) is 1. The summed E-state index contributed by atoms with van der Waals surface area (Å²) in [7, 11) is 0. The number of nitrogens with zero attached hydrogens (tertiary/aromatic N) is 4. The summed E-state index contributed by atoms with van der Waals surface area (Å²) in [6.45, 7) is 3.69. The predicted molar refractivity (Wildman–Crippen MR) is 154 cm³/mol. The molecular weight excluding hydrogens is 506 g/mol. The number of hydrogen-bond donors (Lipinski definition) is 2. The van der Waals surface area contributed by atoms with Gasteiger partial charge in [-0.05, 0) is 56.6 Å². The lowest BCUT2D eigenvalue weighted by Crippen LogP contribution is -2.36. The smallest absolute Gasteiger partial charge is 0.271 e. The molecule has 1 atom stereocenters. The molecule has 2 aliphatic rings. The van der Waals surface area contributed by atoms with Crippen LogP contribution >= 0.6 is 0 Å². The molecule has 2 saturated carbocycles. The third-order valence-electron chi connectivity index (χ3n) is 8.06. The van der Waals surface area contributed by atoms with Crippen LogP contribution in [-0.2, 0) is 11.3 Å². The number of nitrogens with one attached hydrogen (secondary N) is 1. The minimum absolute atomic E-state index is 0.292. The van der Waals surface area contributed by atoms with E-state index >= 15 is 0 Å². The minimum Gasteiger partial charge on any atom is -0.455 e. The zero-order valence-electron chi connectivity index (χ0n) is 23.6. The van der Waals surface area contributed by atoms with Gasteiger partial charge >= 0.3 is 0 Å². The lowest BCUT2D eigenvalue weighted by atomic mass is 9.84. The van der Waals surface area contributed by atoms with Crippen molar-refractivity contribution in [2.45, 2.75) is 102 Å². The summed E-state index contributed by atoms with van der Waals surface area (Å²) in [5.74, 6) is 2.00. The van der Waals surface area contributed by atoms with Crippen molar-refractivity contribution in [2.24, 2.45) is 5.92 Å². The summed E-state index contributed by atoms with van der Waals surface area (Å²) in [5.41, 5.74) is -0.136. The molecule has 214 valence electrons. The first kappa shape index (κ1) is 28.1. The van der Waals surface area contributed by atoms with Crippen molar-refractivity contribution in [3.63, 3.8) is 0 Å². The van der Waals surface area contributed by atoms with Crippen LogP contribution in [0.3, 0.4) is 0 Å². The Morgan fingerprint density at radius 1 is 1.10 bits per heavy atom. The molecule has 0 spiro atoms. The van der Waals surface area contributed by atoms with Crippen molar-refractivity contribution in [3.05, 3.63) is 64.7 Å². The molecule has 2 fully saturated rings. The molecular formula is C31H41N5O4. The lowest BCUT2D eigenvalue weighted by molar-refractivity contribution is -0.120. The Balaban J connectivity index is 1.35. The fourth-order valence-corrected chi connectivity index (χ4v) is 6.14. The van der Waals surface area contributed by atoms with Gasteiger partial charge in [0.2, 0.25) is 0 Å². The Hall–Kier alpha value is -3.46. The number of aromatic nitrogens is 4. The van der Waals surface area contributed by atoms with Gasteiger partial charge in [-0.3, -0.25) is 14.3 Å². The molecule has 1 aromatic carbocycles. The maximum atomic E-state index is 13.5. The average Bonchev–Trinajstić information content (AvgIpc) is 3.59. The molecule has 0 aliphatic heterocycles. The van der Waals surface area contributed by atoms with E-state index in [1.165, 1.54) is 41.8 Å². The summed E-state index contributed by atoms with van der Waals surface area (Å²) >= 11 is 0. The fourth-order valence-electron chi connectivity index (χ4n) is 6.14. The Morgan fingerprint density at radius 3 is 2.55 bits per heavy atom. The molecule has 0 saturated heterocycles. The normalized spacial score (nSPS) is 17.6. The third kappa shape index (κ3) is 7.18. The molecule has 2 aromatic heterocycles. The summed E-state index contributed by atoms with van der Waals surface area (Å²) in [6, 6.07) is 10.4. The highest BCUT2D eigenvalue weighted by atomic mass is 16.5. The Morgan fingerprint density at radius 2 is 1.82 bits per heavy atom. The molecule has 1 unspecified atom stereocenters. The van der Waals surface area contributed by atoms with Crippen LogP contribution in [0.4, 0.5) is 5.82 Å². The second kappa shape index (κ2) is 12.4. The molecule has 3 aromatic rings. The number of aliphatic hydroxyl groups is 1. The number of carbonyl (C=O) groups is 1. The summed E-state index contributed by atoms with van der Waals surface area (Å²) in [5, 5.41) is 21.7. The van der Waals surface area contributed by atoms with Gasteiger partial charge in [-0.1, -0.05) is 63.1 Å². The highest BCUT2D eigenvalue weighted by Crippen LogP contribution is 2.38. The van der Waals surface area contributed by atoms with Crippen molar-refractivity contribution in [1.82, 2.24) is 19.6 Å². The van der Waals surface area contributed by atoms with Crippen molar-refractivity contribution >= 4 is 11.7 Å². The van der Waals surface area contributed by atoms with E-state index in [9.17, 15) is 14.7 Å². The maximum Gasteiger partial charge on any atom is 0.271 e. The second-order valence-electron chi connectivity index (χ2n) is 12.1. The van der Waals surface area contributed by atoms with Gasteiger partial charge in [0.05, 0.1) is 18.3 Å². The standard InChI is InChI=1S/C31H41N5O4/c1-31(2,39)21-35-17-16-28(34-35)33-30(38)26(18-22-10-6-7-11-22)36-29(37)19-24(20-32-36)40-27-15-9-8-14-25(27)23-12-4-3-5-13-23/h8-9,14-17,19-20,22-23,26,39H,3-7,10-13,18,21H2,1-2H3,(H,33,34,38). The predicted octanol–water partition coefficient (Wildman–Crippen LogP) is 5.81. The molecule has 9 nitrogen and oxygen atoms in total. The van der Waals surface area contributed by atoms with Gasteiger partial charge in [0.25, 0.3) is 11.5 Å². The molecule has 2 N–H and O–H groups in total. The van der Waals surface area contributed by atoms with Gasteiger partial charge in [0, 0.05) is 18.3 Å². The highest BCUT2D eigenvalue weighted by Gasteiger charge is 2.29. The van der Waals surface area contributed by atoms with Crippen molar-refractivity contribution < 1.29 is 14.6 Å². The van der Waals surface area contributed by atoms with E-state index in [0.717, 1.165) is 44.3 Å². The second-order valence-corrected chi connectivity index (χ2v) is 12.1. The van der Waals surface area contributed by atoms with Gasteiger partial charge in [0.15, 0.2) is 11.6 Å². The van der Waals surface area contributed by atoms with E-state index in [2.05, 4.69) is 21.6 Å². The van der Waals surface area contributed by atoms with Crippen molar-refractivity contribution in [1.29, 1.82) is 0 Å². The molecule has 0 radical (unpaired) electrons. The molecule has 2 heterocycles. The number of rotatable bonds is 10. The van der Waals surface area contributed by atoms with Crippen LogP contribution in [0.5, 0.6) is 11.5 Å². The first-order chi connectivity index (χ1) is 19.2. The van der Waals surface area contributed by atoms with Crippen LogP contribution in [0.25, 0.3) is 0 Å². The summed E-state index contributed by atoms with van der Waals surface area (Å²) in [4.78, 5) is 26.8. The van der Waals surface area contributed by atoms with E-state index in [1.807, 2.05) is 18.2 Å². The molecule has 5 rings (SSSR count). The summed E-state index contributed by atoms with van der Waals surface area (Å²) < 4.78 is 9.07. The zero-order valence-corrected chi connectivity index (χ0v) is 23.6. The Kier molecular flexibility index (Phi) is 8.69. The number of anilines is 1. The molecule has 0 bridgehead atoms. The molecule has 40 heavy (non-hydrogen) atoms. The quantitative estimate of drug-likeness (QED) is 0.331. The first-order valence-corrected chi connectivity index (χ1v) is 14.7. The van der Waals surface area contributed by atoms with Crippen LogP contribution < -0.4 is 15.6 Å². The van der Waals surface area contributed by atoms with E-state index in [0.29, 0.717) is 36.4 Å². The number of amides is 1. The Labute approximate surface area is 235 Å². The number of carbonyl (C=O) groups excluding carboxylic acids is 1. The van der Waals surface area contributed by atoms with E-state index in [1.54, 1.807) is 30.8 Å². The van der Waals surface area contributed by atoms with Gasteiger partial charge < -0.3 is 15.2 Å². The van der Waals surface area contributed by atoms with E-state index < -0.39 is 11.6 Å². The highest BCUT2D eigenvalue weighted by molar-refractivity contribution is 5.92. The SMILES string of the molecule is CC(C)(O)Cn1ccc(NC(=O)C(CC2CCCC2)n2ncc(Oc3ccccc3C3CCCCC3)cc2=O)n1. The largest absolute Gasteiger partial charge is 0.455 e. The molecule has 1 amide bonds. The van der Waals surface area contributed by atoms with E-state index in [4.69, 9.17) is 4.74 Å². The number of hydrogen-bond acceptors (Lipinski definition) is 6. The van der Waals surface area contributed by atoms with Crippen LogP contribution in [0, 0.1) is 5.92 Å². The first-order valence-electron chi connectivity index (χ1n) is 14.7. The minimum atomic E-state index is -0.934. The topological polar surface area (TPSA) is 111 Å². The van der Waals surface area contributed by atoms with Crippen LogP contribution in [0.1, 0.15) is 95.6 Å². The van der Waals surface area contributed by atoms with Gasteiger partial charge in [-0.15, -0.1) is 0 Å². The fraction of sp³-hybridized carbons (Fsp3) is 0.548. The van der Waals surface area contributed by atoms with Crippen molar-refractivity contribution in [2.75, 3.05) is 5.32 Å². The summed E-state index contributed by atoms with van der Waals surface area (Å²) in [6.07, 6.45) is 14.1. The van der Waals surface area contributed by atoms with Gasteiger partial charge in [0.1, 0.15) is 11.8 Å². The zero-order chi connectivity index (χ0) is 28.1. The van der Waals surface area contributed by atoms with Crippen molar-refractivity contribution in [3.8, 4) is 11.5 Å². The molecule has 9 heteroatoms. The third-order valence-corrected chi connectivity index (χ3v) is 8.06.